The number of carbonyl (C=O) groups is 2. The van der Waals surface area contributed by atoms with Crippen molar-refractivity contribution in [1.29, 1.82) is 0 Å². The van der Waals surface area contributed by atoms with Crippen molar-refractivity contribution in [1.82, 2.24) is 20.1 Å². The van der Waals surface area contributed by atoms with E-state index >= 15 is 0 Å². The second-order valence-electron chi connectivity index (χ2n) is 7.50. The molecule has 2 aromatic carbocycles. The highest BCUT2D eigenvalue weighted by atomic mass is 32.2. The van der Waals surface area contributed by atoms with Gasteiger partial charge >= 0.3 is 0 Å². The lowest BCUT2D eigenvalue weighted by molar-refractivity contribution is -0.125. The lowest BCUT2D eigenvalue weighted by Crippen LogP contribution is -2.42. The number of Topliss-reactive ketones (excluding diaryl/α,β-unsaturated/α-hetero) is 1. The van der Waals surface area contributed by atoms with Gasteiger partial charge in [0.2, 0.25) is 5.91 Å². The van der Waals surface area contributed by atoms with Crippen molar-refractivity contribution in [2.24, 2.45) is 0 Å². The van der Waals surface area contributed by atoms with E-state index in [0.717, 1.165) is 16.1 Å². The zero-order valence-electron chi connectivity index (χ0n) is 18.8. The minimum absolute atomic E-state index is 0.0839. The lowest BCUT2D eigenvalue weighted by Gasteiger charge is -2.16. The van der Waals surface area contributed by atoms with Gasteiger partial charge in [0.1, 0.15) is 5.75 Å². The minimum atomic E-state index is -0.579. The Kier molecular flexibility index (Phi) is 7.76. The Morgan fingerprint density at radius 2 is 1.82 bits per heavy atom. The Hall–Kier alpha value is -3.43. The normalized spacial score (nSPS) is 11.7. The van der Waals surface area contributed by atoms with E-state index in [0.29, 0.717) is 23.2 Å². The number of methoxy groups -OCH3 is 1. The molecule has 4 aromatic rings. The van der Waals surface area contributed by atoms with E-state index in [1.807, 2.05) is 76.7 Å². The summed E-state index contributed by atoms with van der Waals surface area (Å²) < 4.78 is 7.46. The van der Waals surface area contributed by atoms with E-state index in [4.69, 9.17) is 4.74 Å². The number of nitrogens with zero attached hydrogens (tertiary/aromatic N) is 3. The van der Waals surface area contributed by atoms with Gasteiger partial charge in [-0.3, -0.25) is 14.2 Å². The number of thioether (sulfide) groups is 1. The largest absolute Gasteiger partial charge is 0.495 e. The predicted molar refractivity (Wildman–Crippen MR) is 135 cm³/mol. The van der Waals surface area contributed by atoms with Gasteiger partial charge in [0.05, 0.1) is 29.5 Å². The quantitative estimate of drug-likeness (QED) is 0.330. The van der Waals surface area contributed by atoms with Crippen LogP contribution in [-0.2, 0) is 16.0 Å². The number of nitrogens with one attached hydrogen (secondary N) is 1. The molecule has 0 aliphatic heterocycles. The Balaban J connectivity index is 1.53. The Bertz CT molecular complexity index is 1260. The van der Waals surface area contributed by atoms with Gasteiger partial charge in [-0.25, -0.2) is 0 Å². The number of hydrogen-bond acceptors (Lipinski definition) is 7. The van der Waals surface area contributed by atoms with Gasteiger partial charge in [-0.2, -0.15) is 0 Å². The molecular weight excluding hydrogens is 468 g/mol. The van der Waals surface area contributed by atoms with Gasteiger partial charge in [0, 0.05) is 0 Å². The minimum Gasteiger partial charge on any atom is -0.495 e. The molecule has 1 N–H and O–H groups in total. The predicted octanol–water partition coefficient (Wildman–Crippen LogP) is 4.41. The van der Waals surface area contributed by atoms with Gasteiger partial charge in [0.25, 0.3) is 0 Å². The van der Waals surface area contributed by atoms with Crippen LogP contribution in [0.4, 0.5) is 0 Å². The van der Waals surface area contributed by atoms with E-state index in [1.165, 1.54) is 18.7 Å². The van der Waals surface area contributed by atoms with E-state index < -0.39 is 6.04 Å². The second kappa shape index (κ2) is 11.1. The van der Waals surface area contributed by atoms with Crippen LogP contribution in [0.2, 0.25) is 0 Å². The number of ether oxygens (including phenoxy) is 1. The summed E-state index contributed by atoms with van der Waals surface area (Å²) in [5.74, 6) is 1.11. The third kappa shape index (κ3) is 5.55. The van der Waals surface area contributed by atoms with E-state index in [1.54, 1.807) is 18.4 Å². The molecule has 9 heteroatoms. The summed E-state index contributed by atoms with van der Waals surface area (Å²) in [5.41, 5.74) is 1.78. The first kappa shape index (κ1) is 23.7. The smallest absolute Gasteiger partial charge is 0.231 e. The number of para-hydroxylation sites is 2. The fourth-order valence-electron chi connectivity index (χ4n) is 3.47. The zero-order valence-corrected chi connectivity index (χ0v) is 20.4. The molecule has 0 bridgehead atoms. The molecule has 0 radical (unpaired) electrons. The number of benzene rings is 2. The summed E-state index contributed by atoms with van der Waals surface area (Å²) in [4.78, 5) is 25.9. The molecule has 0 aliphatic rings. The topological polar surface area (TPSA) is 86.1 Å². The molecule has 0 fully saturated rings. The van der Waals surface area contributed by atoms with Crippen LogP contribution in [-0.4, -0.2) is 45.4 Å². The van der Waals surface area contributed by atoms with Crippen molar-refractivity contribution in [3.8, 4) is 22.1 Å². The first-order chi connectivity index (χ1) is 16.6. The lowest BCUT2D eigenvalue weighted by atomic mass is 10.0. The SMILES string of the molecule is COc1ccccc1-n1c(SCC(=O)N[C@H](Cc2ccccc2)C(C)=O)nnc1-c1cccs1. The molecular formula is C25H24N4O3S2. The summed E-state index contributed by atoms with van der Waals surface area (Å²) in [6.07, 6.45) is 0.451. The average Bonchev–Trinajstić information content (AvgIpc) is 3.53. The second-order valence-corrected chi connectivity index (χ2v) is 9.39. The fraction of sp³-hybridized carbons (Fsp3) is 0.200. The molecule has 0 spiro atoms. The molecule has 34 heavy (non-hydrogen) atoms. The zero-order chi connectivity index (χ0) is 23.9. The summed E-state index contributed by atoms with van der Waals surface area (Å²) in [5, 5.41) is 14.2. The van der Waals surface area contributed by atoms with Crippen LogP contribution >= 0.6 is 23.1 Å². The van der Waals surface area contributed by atoms with Crippen molar-refractivity contribution < 1.29 is 14.3 Å². The summed E-state index contributed by atoms with van der Waals surface area (Å²) in [7, 11) is 1.61. The van der Waals surface area contributed by atoms with E-state index in [-0.39, 0.29) is 17.4 Å². The number of rotatable bonds is 10. The molecule has 174 valence electrons. The number of amides is 1. The molecule has 0 aliphatic carbocycles. The Morgan fingerprint density at radius 1 is 1.06 bits per heavy atom. The maximum atomic E-state index is 12.8. The van der Waals surface area contributed by atoms with Gasteiger partial charge in [-0.1, -0.05) is 60.3 Å². The number of ketones is 1. The van der Waals surface area contributed by atoms with Crippen LogP contribution < -0.4 is 10.1 Å². The Labute approximate surface area is 206 Å². The van der Waals surface area contributed by atoms with Crippen LogP contribution in [0, 0.1) is 0 Å². The van der Waals surface area contributed by atoms with Crippen molar-refractivity contribution in [3.63, 3.8) is 0 Å². The molecule has 0 unspecified atom stereocenters. The van der Waals surface area contributed by atoms with Crippen molar-refractivity contribution in [2.75, 3.05) is 12.9 Å². The highest BCUT2D eigenvalue weighted by molar-refractivity contribution is 7.99. The summed E-state index contributed by atoms with van der Waals surface area (Å²) in [6, 6.07) is 20.6. The van der Waals surface area contributed by atoms with Crippen LogP contribution in [0.25, 0.3) is 16.4 Å². The number of aromatic nitrogens is 3. The first-order valence-electron chi connectivity index (χ1n) is 10.7. The van der Waals surface area contributed by atoms with E-state index in [2.05, 4.69) is 15.5 Å². The van der Waals surface area contributed by atoms with Crippen molar-refractivity contribution >= 4 is 34.8 Å². The highest BCUT2D eigenvalue weighted by Gasteiger charge is 2.22. The fourth-order valence-corrected chi connectivity index (χ4v) is 4.93. The monoisotopic (exact) mass is 492 g/mol. The van der Waals surface area contributed by atoms with E-state index in [9.17, 15) is 9.59 Å². The van der Waals surface area contributed by atoms with Crippen LogP contribution in [0.3, 0.4) is 0 Å². The van der Waals surface area contributed by atoms with Gasteiger partial charge in [0.15, 0.2) is 16.8 Å². The molecule has 1 amide bonds. The third-order valence-corrected chi connectivity index (χ3v) is 6.94. The highest BCUT2D eigenvalue weighted by Crippen LogP contribution is 2.34. The average molecular weight is 493 g/mol. The molecule has 4 rings (SSSR count). The first-order valence-corrected chi connectivity index (χ1v) is 12.5. The van der Waals surface area contributed by atoms with Crippen LogP contribution in [0.5, 0.6) is 5.75 Å². The van der Waals surface area contributed by atoms with Crippen molar-refractivity contribution in [3.05, 3.63) is 77.7 Å². The van der Waals surface area contributed by atoms with Crippen molar-refractivity contribution in [2.45, 2.75) is 24.5 Å². The van der Waals surface area contributed by atoms with Gasteiger partial charge in [-0.05, 0) is 42.5 Å². The van der Waals surface area contributed by atoms with Gasteiger partial charge in [-0.15, -0.1) is 21.5 Å². The number of thiophene rings is 1. The molecule has 1 atom stereocenters. The van der Waals surface area contributed by atoms with Crippen LogP contribution in [0.15, 0.2) is 77.3 Å². The van der Waals surface area contributed by atoms with Crippen LogP contribution in [0.1, 0.15) is 12.5 Å². The van der Waals surface area contributed by atoms with Gasteiger partial charge < -0.3 is 10.1 Å². The summed E-state index contributed by atoms with van der Waals surface area (Å²) >= 11 is 2.82. The Morgan fingerprint density at radius 3 is 2.53 bits per heavy atom. The molecule has 2 aromatic heterocycles. The standard InChI is InChI=1S/C25H24N4O3S2/c1-17(30)19(15-18-9-4-3-5-10-18)26-23(31)16-34-25-28-27-24(22-13-8-14-33-22)29(25)20-11-6-7-12-21(20)32-2/h3-14,19H,15-16H2,1-2H3,(H,26,31)/t19-/m1/s1. The molecule has 2 heterocycles. The molecule has 0 saturated carbocycles. The number of carbonyl (C=O) groups excluding carboxylic acids is 2. The summed E-state index contributed by atoms with van der Waals surface area (Å²) in [6.45, 7) is 1.49. The maximum absolute atomic E-state index is 12.8. The third-order valence-electron chi connectivity index (χ3n) is 5.14. The number of hydrogen-bond donors (Lipinski definition) is 1. The maximum Gasteiger partial charge on any atom is 0.231 e. The molecule has 0 saturated heterocycles. The molecule has 7 nitrogen and oxygen atoms in total.